The topological polar surface area (TPSA) is 89.3 Å². The van der Waals surface area contributed by atoms with Crippen molar-refractivity contribution in [2.45, 2.75) is 38.1 Å². The number of nitrogens with two attached hydrogens (primary N) is 2. The lowest BCUT2D eigenvalue weighted by atomic mass is 10.1. The molecule has 0 radical (unpaired) electrons. The van der Waals surface area contributed by atoms with Gasteiger partial charge in [-0.3, -0.25) is 4.79 Å². The highest BCUT2D eigenvalue weighted by molar-refractivity contribution is 5.66. The first-order valence-corrected chi connectivity index (χ1v) is 4.34. The van der Waals surface area contributed by atoms with Crippen LogP contribution in [-0.2, 0) is 4.79 Å². The van der Waals surface area contributed by atoms with E-state index in [0.717, 1.165) is 19.3 Å². The molecule has 5 N–H and O–H groups in total. The van der Waals surface area contributed by atoms with E-state index < -0.39 is 5.97 Å². The normalized spacial score (nSPS) is 12.8. The van der Waals surface area contributed by atoms with E-state index in [4.69, 9.17) is 16.6 Å². The van der Waals surface area contributed by atoms with Crippen molar-refractivity contribution >= 4 is 5.97 Å². The molecule has 0 fully saturated rings. The monoisotopic (exact) mass is 174 g/mol. The minimum atomic E-state index is -0.734. The molecule has 1 unspecified atom stereocenters. The summed E-state index contributed by atoms with van der Waals surface area (Å²) in [6, 6.07) is 0.142. The minimum Gasteiger partial charge on any atom is -0.481 e. The van der Waals surface area contributed by atoms with E-state index in [9.17, 15) is 4.79 Å². The fraction of sp³-hybridized carbons (Fsp3) is 0.875. The zero-order chi connectivity index (χ0) is 9.40. The van der Waals surface area contributed by atoms with Gasteiger partial charge in [-0.25, -0.2) is 0 Å². The van der Waals surface area contributed by atoms with Crippen LogP contribution in [0.3, 0.4) is 0 Å². The Hall–Kier alpha value is -0.610. The maximum absolute atomic E-state index is 10.1. The molecule has 4 heteroatoms. The van der Waals surface area contributed by atoms with Crippen molar-refractivity contribution in [3.63, 3.8) is 0 Å². The molecular weight excluding hydrogens is 156 g/mol. The Labute approximate surface area is 72.9 Å². The van der Waals surface area contributed by atoms with Crippen molar-refractivity contribution in [3.8, 4) is 0 Å². The third-order valence-electron chi connectivity index (χ3n) is 1.75. The Kier molecular flexibility index (Phi) is 6.70. The molecular formula is C8H18N2O2. The Morgan fingerprint density at radius 1 is 1.33 bits per heavy atom. The Morgan fingerprint density at radius 2 is 2.00 bits per heavy atom. The van der Waals surface area contributed by atoms with Crippen molar-refractivity contribution in [1.82, 2.24) is 0 Å². The van der Waals surface area contributed by atoms with Gasteiger partial charge in [0.15, 0.2) is 0 Å². The predicted molar refractivity (Wildman–Crippen MR) is 47.8 cm³/mol. The number of carboxylic acid groups (broad SMARTS) is 1. The first kappa shape index (κ1) is 11.4. The van der Waals surface area contributed by atoms with Crippen LogP contribution >= 0.6 is 0 Å². The standard InChI is InChI=1S/C8H18N2O2/c9-6-5-7(10)3-1-2-4-8(11)12/h7H,1-6,9-10H2,(H,11,12). The number of hydrogen-bond donors (Lipinski definition) is 3. The average molecular weight is 174 g/mol. The molecule has 0 bridgehead atoms. The van der Waals surface area contributed by atoms with E-state index in [1.165, 1.54) is 0 Å². The molecule has 0 aliphatic heterocycles. The Morgan fingerprint density at radius 3 is 2.50 bits per heavy atom. The summed E-state index contributed by atoms with van der Waals surface area (Å²) in [5, 5.41) is 8.33. The van der Waals surface area contributed by atoms with Gasteiger partial charge in [0.25, 0.3) is 0 Å². The molecule has 0 saturated heterocycles. The van der Waals surface area contributed by atoms with E-state index in [0.29, 0.717) is 13.0 Å². The summed E-state index contributed by atoms with van der Waals surface area (Å²) >= 11 is 0. The molecule has 12 heavy (non-hydrogen) atoms. The molecule has 0 aliphatic rings. The number of rotatable bonds is 7. The van der Waals surface area contributed by atoms with Crippen LogP contribution in [-0.4, -0.2) is 23.7 Å². The molecule has 0 aromatic heterocycles. The van der Waals surface area contributed by atoms with Gasteiger partial charge >= 0.3 is 5.97 Å². The van der Waals surface area contributed by atoms with Crippen LogP contribution in [0.5, 0.6) is 0 Å². The smallest absolute Gasteiger partial charge is 0.303 e. The number of unbranched alkanes of at least 4 members (excludes halogenated alkanes) is 1. The summed E-state index contributed by atoms with van der Waals surface area (Å²) < 4.78 is 0. The van der Waals surface area contributed by atoms with Gasteiger partial charge in [0.1, 0.15) is 0 Å². The number of carboxylic acids is 1. The average Bonchev–Trinajstić information content (AvgIpc) is 1.98. The van der Waals surface area contributed by atoms with Crippen LogP contribution in [0.15, 0.2) is 0 Å². The highest BCUT2D eigenvalue weighted by Gasteiger charge is 2.01. The lowest BCUT2D eigenvalue weighted by Gasteiger charge is -2.08. The van der Waals surface area contributed by atoms with Crippen LogP contribution < -0.4 is 11.5 Å². The molecule has 0 aromatic rings. The Balaban J connectivity index is 3.13. The van der Waals surface area contributed by atoms with Crippen LogP contribution in [0, 0.1) is 0 Å². The van der Waals surface area contributed by atoms with Gasteiger partial charge in [-0.15, -0.1) is 0 Å². The van der Waals surface area contributed by atoms with Crippen molar-refractivity contribution in [3.05, 3.63) is 0 Å². The Bertz CT molecular complexity index is 128. The van der Waals surface area contributed by atoms with Gasteiger partial charge in [-0.1, -0.05) is 6.42 Å². The van der Waals surface area contributed by atoms with Gasteiger partial charge in [0, 0.05) is 12.5 Å². The summed E-state index contributed by atoms with van der Waals surface area (Å²) in [6.45, 7) is 0.611. The van der Waals surface area contributed by atoms with Gasteiger partial charge < -0.3 is 16.6 Å². The largest absolute Gasteiger partial charge is 0.481 e. The molecule has 0 amide bonds. The second kappa shape index (κ2) is 7.06. The summed E-state index contributed by atoms with van der Waals surface area (Å²) in [5.41, 5.74) is 11.0. The third kappa shape index (κ3) is 7.50. The molecule has 0 aliphatic carbocycles. The molecule has 1 atom stereocenters. The van der Waals surface area contributed by atoms with Gasteiger partial charge in [0.05, 0.1) is 0 Å². The van der Waals surface area contributed by atoms with Crippen molar-refractivity contribution in [2.24, 2.45) is 11.5 Å². The molecule has 0 heterocycles. The maximum atomic E-state index is 10.1. The minimum absolute atomic E-state index is 0.142. The summed E-state index contributed by atoms with van der Waals surface area (Å²) in [6.07, 6.45) is 3.55. The van der Waals surface area contributed by atoms with Crippen LogP contribution in [0.2, 0.25) is 0 Å². The molecule has 0 spiro atoms. The summed E-state index contributed by atoms with van der Waals surface area (Å²) in [7, 11) is 0. The highest BCUT2D eigenvalue weighted by atomic mass is 16.4. The first-order chi connectivity index (χ1) is 5.66. The van der Waals surface area contributed by atoms with E-state index in [1.54, 1.807) is 0 Å². The fourth-order valence-corrected chi connectivity index (χ4v) is 1.04. The predicted octanol–water partition coefficient (Wildman–Crippen LogP) is 0.307. The molecule has 0 saturated carbocycles. The lowest BCUT2D eigenvalue weighted by molar-refractivity contribution is -0.137. The number of carbonyl (C=O) groups is 1. The zero-order valence-corrected chi connectivity index (χ0v) is 7.33. The zero-order valence-electron chi connectivity index (χ0n) is 7.33. The van der Waals surface area contributed by atoms with Crippen molar-refractivity contribution < 1.29 is 9.90 Å². The maximum Gasteiger partial charge on any atom is 0.303 e. The van der Waals surface area contributed by atoms with Gasteiger partial charge in [-0.2, -0.15) is 0 Å². The van der Waals surface area contributed by atoms with Crippen molar-refractivity contribution in [1.29, 1.82) is 0 Å². The number of hydrogen-bond acceptors (Lipinski definition) is 3. The first-order valence-electron chi connectivity index (χ1n) is 4.34. The second-order valence-electron chi connectivity index (χ2n) is 2.98. The second-order valence-corrected chi connectivity index (χ2v) is 2.98. The van der Waals surface area contributed by atoms with Crippen LogP contribution in [0.4, 0.5) is 0 Å². The van der Waals surface area contributed by atoms with Crippen LogP contribution in [0.25, 0.3) is 0 Å². The van der Waals surface area contributed by atoms with E-state index in [2.05, 4.69) is 0 Å². The quantitative estimate of drug-likeness (QED) is 0.484. The highest BCUT2D eigenvalue weighted by Crippen LogP contribution is 2.03. The van der Waals surface area contributed by atoms with Gasteiger partial charge in [-0.05, 0) is 25.8 Å². The molecule has 72 valence electrons. The molecule has 0 rings (SSSR count). The third-order valence-corrected chi connectivity index (χ3v) is 1.75. The van der Waals surface area contributed by atoms with E-state index >= 15 is 0 Å². The number of aliphatic carboxylic acids is 1. The molecule has 0 aromatic carbocycles. The summed E-state index contributed by atoms with van der Waals surface area (Å²) in [4.78, 5) is 10.1. The van der Waals surface area contributed by atoms with Gasteiger partial charge in [0.2, 0.25) is 0 Å². The van der Waals surface area contributed by atoms with Crippen molar-refractivity contribution in [2.75, 3.05) is 6.54 Å². The van der Waals surface area contributed by atoms with Crippen LogP contribution in [0.1, 0.15) is 32.1 Å². The van der Waals surface area contributed by atoms with E-state index in [-0.39, 0.29) is 12.5 Å². The van der Waals surface area contributed by atoms with E-state index in [1.807, 2.05) is 0 Å². The molecule has 4 nitrogen and oxygen atoms in total. The summed E-state index contributed by atoms with van der Waals surface area (Å²) in [5.74, 6) is -0.734. The fourth-order valence-electron chi connectivity index (χ4n) is 1.04. The lowest BCUT2D eigenvalue weighted by Crippen LogP contribution is -2.23. The SMILES string of the molecule is NCCC(N)CCCCC(=O)O.